The molecule has 0 aliphatic heterocycles. The number of alkyl halides is 3. The van der Waals surface area contributed by atoms with E-state index in [0.717, 1.165) is 61.5 Å². The van der Waals surface area contributed by atoms with Crippen molar-refractivity contribution < 1.29 is 90.7 Å². The second-order valence-electron chi connectivity index (χ2n) is 26.7. The lowest BCUT2D eigenvalue weighted by Gasteiger charge is -2.21. The summed E-state index contributed by atoms with van der Waals surface area (Å²) in [5.74, 6) is -4.82. The van der Waals surface area contributed by atoms with Crippen molar-refractivity contribution in [3.63, 3.8) is 0 Å². The SMILES string of the molecule is CCCOC(=O)[C@]1(c2cccc(OCc3cc(C)nc4ccccc34)c2)C[C@H]1C(=O)NO.CCOC(=O)[C@@]1(Cc2ccc(OCc3cc(C(F)(F)F)nc4ccccc34)cc2)C[C@@H]1C(=O)O.CCOC(=O)[C@@]1(Cc2ccc(OCc3cc(C)nc4ccccc34)cc2)C[C@@H]1C(=O)N[C@H](C(=O)NO)C(C)C. The van der Waals surface area contributed by atoms with Gasteiger partial charge in [0.25, 0.3) is 5.91 Å². The highest BCUT2D eigenvalue weighted by Gasteiger charge is 2.67. The second kappa shape index (κ2) is 33.2. The van der Waals surface area contributed by atoms with Gasteiger partial charge in [0.15, 0.2) is 0 Å². The van der Waals surface area contributed by atoms with Crippen LogP contribution in [0.15, 0.2) is 164 Å². The Morgan fingerprint density at radius 1 is 0.524 bits per heavy atom. The number of aromatic nitrogens is 3. The fourth-order valence-corrected chi connectivity index (χ4v) is 13.3. The first-order valence-electron chi connectivity index (χ1n) is 34.6. The van der Waals surface area contributed by atoms with Gasteiger partial charge in [-0.25, -0.2) is 15.9 Å². The predicted octanol–water partition coefficient (Wildman–Crippen LogP) is 12.7. The molecule has 3 fully saturated rings. The molecule has 550 valence electrons. The maximum Gasteiger partial charge on any atom is 0.433 e. The summed E-state index contributed by atoms with van der Waals surface area (Å²) >= 11 is 0. The van der Waals surface area contributed by atoms with Crippen LogP contribution in [0.2, 0.25) is 0 Å². The summed E-state index contributed by atoms with van der Waals surface area (Å²) in [7, 11) is 0. The van der Waals surface area contributed by atoms with Crippen LogP contribution < -0.4 is 30.5 Å². The number of benzene rings is 6. The lowest BCUT2D eigenvalue weighted by molar-refractivity contribution is -0.153. The Bertz CT molecular complexity index is 4670. The van der Waals surface area contributed by atoms with Crippen molar-refractivity contribution in [2.24, 2.45) is 34.5 Å². The molecule has 0 bridgehead atoms. The number of amides is 3. The number of aliphatic carboxylic acids is 1. The molecule has 25 heteroatoms. The van der Waals surface area contributed by atoms with Crippen LogP contribution in [0.3, 0.4) is 0 Å². The summed E-state index contributed by atoms with van der Waals surface area (Å²) in [6.07, 6.45) is -2.55. The van der Waals surface area contributed by atoms with E-state index in [2.05, 4.69) is 20.3 Å². The summed E-state index contributed by atoms with van der Waals surface area (Å²) in [5.41, 5.74) is 7.62. The first-order valence-corrected chi connectivity index (χ1v) is 34.6. The van der Waals surface area contributed by atoms with Crippen molar-refractivity contribution in [3.8, 4) is 17.2 Å². The number of aryl methyl sites for hydroxylation is 2. The maximum absolute atomic E-state index is 13.3. The summed E-state index contributed by atoms with van der Waals surface area (Å²) < 4.78 is 73.4. The Hall–Kier alpha value is -11.1. The fraction of sp³-hybridized carbons (Fsp3) is 0.350. The standard InChI is InChI=1S/C30H35N3O6.C25H22F3NO5.C25H26N2O5/c1-5-38-29(36)30(16-24(30)27(34)32-26(18(2)3)28(35)33-37)15-20-10-12-22(13-11-20)39-17-21-14-19(4)31-25-9-7-6-8-23(21)25;1-2-33-23(32)24(13-19(24)22(30)31)12-15-7-9-17(10-8-15)34-14-16-11-21(25(26,27)28)29-20-6-4-3-5-18(16)20;1-3-11-31-24(29)25(14-21(25)23(28)27-30)18-7-6-8-19(13-18)32-15-17-12-16(2)26-22-10-5-4-9-20(17)22/h6-14,18,24,26,37H,5,15-17H2,1-4H3,(H,32,34)(H,33,35);3-11,19H,2,12-14H2,1H3,(H,30,31);4-10,12-13,21,30H,3,11,14-15H2,1-2H3,(H,27,28)/t24-,26+,30+;19-,24+;21-,25-/m110/s1. The largest absolute Gasteiger partial charge is 0.489 e. The van der Waals surface area contributed by atoms with Crippen LogP contribution >= 0.6 is 0 Å². The Kier molecular flexibility index (Phi) is 24.2. The average molecular weight is 1440 g/mol. The number of nitrogens with zero attached hydrogens (tertiary/aromatic N) is 3. The van der Waals surface area contributed by atoms with Crippen molar-refractivity contribution in [2.45, 2.75) is 124 Å². The number of rotatable bonds is 27. The molecule has 3 saturated carbocycles. The van der Waals surface area contributed by atoms with Crippen molar-refractivity contribution in [1.29, 1.82) is 0 Å². The minimum atomic E-state index is -4.58. The number of hydrogen-bond acceptors (Lipinski definition) is 18. The van der Waals surface area contributed by atoms with Crippen LogP contribution in [0.4, 0.5) is 13.2 Å². The zero-order valence-corrected chi connectivity index (χ0v) is 59.1. The lowest BCUT2D eigenvalue weighted by Crippen LogP contribution is -2.50. The lowest BCUT2D eigenvalue weighted by atomic mass is 9.92. The molecular formula is C80H83F3N6O16. The molecule has 3 aromatic heterocycles. The van der Waals surface area contributed by atoms with Crippen LogP contribution in [0, 0.1) is 48.3 Å². The summed E-state index contributed by atoms with van der Waals surface area (Å²) in [5, 5.41) is 32.8. The quantitative estimate of drug-likeness (QED) is 0.0121. The summed E-state index contributed by atoms with van der Waals surface area (Å²) in [4.78, 5) is 99.6. The molecule has 0 saturated heterocycles. The van der Waals surface area contributed by atoms with Gasteiger partial charge in [-0.15, -0.1) is 0 Å². The Morgan fingerprint density at radius 3 is 1.44 bits per heavy atom. The molecule has 6 N–H and O–H groups in total. The zero-order chi connectivity index (χ0) is 75.4. The van der Waals surface area contributed by atoms with Crippen LogP contribution in [-0.2, 0) is 92.0 Å². The molecule has 0 spiro atoms. The van der Waals surface area contributed by atoms with Crippen molar-refractivity contribution >= 4 is 74.3 Å². The fourth-order valence-electron chi connectivity index (χ4n) is 13.3. The highest BCUT2D eigenvalue weighted by Crippen LogP contribution is 2.58. The van der Waals surface area contributed by atoms with E-state index < -0.39 is 93.5 Å². The molecule has 3 heterocycles. The smallest absolute Gasteiger partial charge is 0.433 e. The number of nitrogens with one attached hydrogen (secondary N) is 3. The van der Waals surface area contributed by atoms with Gasteiger partial charge in [0, 0.05) is 44.2 Å². The van der Waals surface area contributed by atoms with Crippen LogP contribution in [0.1, 0.15) is 111 Å². The van der Waals surface area contributed by atoms with Gasteiger partial charge in [-0.05, 0) is 162 Å². The molecule has 105 heavy (non-hydrogen) atoms. The number of pyridine rings is 3. The number of hydroxylamine groups is 2. The Balaban J connectivity index is 0.000000170. The van der Waals surface area contributed by atoms with Crippen LogP contribution in [-0.4, -0.2) is 97.9 Å². The minimum Gasteiger partial charge on any atom is -0.489 e. The Labute approximate surface area is 603 Å². The van der Waals surface area contributed by atoms with Crippen LogP contribution in [0.5, 0.6) is 17.2 Å². The third kappa shape index (κ3) is 17.8. The second-order valence-corrected chi connectivity index (χ2v) is 26.7. The average Bonchev–Trinajstić information content (AvgIpc) is 1.57. The topological polar surface area (TPSA) is 310 Å². The highest BCUT2D eigenvalue weighted by atomic mass is 19.4. The van der Waals surface area contributed by atoms with E-state index in [4.69, 9.17) is 38.8 Å². The monoisotopic (exact) mass is 1440 g/mol. The molecule has 3 aliphatic rings. The van der Waals surface area contributed by atoms with Gasteiger partial charge < -0.3 is 38.8 Å². The van der Waals surface area contributed by atoms with E-state index in [0.29, 0.717) is 66.2 Å². The van der Waals surface area contributed by atoms with E-state index in [1.54, 1.807) is 99.3 Å². The molecule has 3 amide bonds. The number of esters is 3. The number of carboxylic acid groups (broad SMARTS) is 1. The molecule has 22 nitrogen and oxygen atoms in total. The number of ether oxygens (including phenoxy) is 6. The number of carboxylic acids is 1. The van der Waals surface area contributed by atoms with Crippen molar-refractivity contribution in [1.82, 2.24) is 31.2 Å². The number of carbonyl (C=O) groups excluding carboxylic acids is 6. The number of carbonyl (C=O) groups is 7. The molecule has 3 aliphatic carbocycles. The third-order valence-electron chi connectivity index (χ3n) is 19.0. The van der Waals surface area contributed by atoms with Gasteiger partial charge in [-0.2, -0.15) is 13.2 Å². The van der Waals surface area contributed by atoms with Gasteiger partial charge in [-0.1, -0.05) is 112 Å². The number of para-hydroxylation sites is 3. The Morgan fingerprint density at radius 2 is 0.990 bits per heavy atom. The van der Waals surface area contributed by atoms with E-state index in [9.17, 15) is 51.8 Å². The van der Waals surface area contributed by atoms with Gasteiger partial charge in [0.1, 0.15) is 54.2 Å². The summed E-state index contributed by atoms with van der Waals surface area (Å²) in [6.45, 7) is 14.0. The maximum atomic E-state index is 13.3. The molecule has 0 radical (unpaired) electrons. The molecule has 6 aromatic carbocycles. The van der Waals surface area contributed by atoms with Crippen LogP contribution in [0.25, 0.3) is 32.7 Å². The zero-order valence-electron chi connectivity index (χ0n) is 59.1. The predicted molar refractivity (Wildman–Crippen MR) is 379 cm³/mol. The molecule has 12 rings (SSSR count). The third-order valence-corrected chi connectivity index (χ3v) is 19.0. The minimum absolute atomic E-state index is 0.0979. The summed E-state index contributed by atoms with van der Waals surface area (Å²) in [6, 6.07) is 47.8. The van der Waals surface area contributed by atoms with E-state index in [1.165, 1.54) is 6.07 Å². The van der Waals surface area contributed by atoms with Crippen molar-refractivity contribution in [3.05, 3.63) is 214 Å². The van der Waals surface area contributed by atoms with Gasteiger partial charge in [-0.3, -0.25) is 53.9 Å². The normalized spacial score (nSPS) is 19.3. The molecule has 7 atom stereocenters. The molecule has 0 unspecified atom stereocenters. The van der Waals surface area contributed by atoms with E-state index >= 15 is 0 Å². The first kappa shape index (κ1) is 76.6. The molecular weight excluding hydrogens is 1360 g/mol. The number of hydrogen-bond donors (Lipinski definition) is 6. The van der Waals surface area contributed by atoms with E-state index in [-0.39, 0.29) is 57.1 Å². The van der Waals surface area contributed by atoms with E-state index in [1.807, 2.05) is 112 Å². The number of halogens is 3. The van der Waals surface area contributed by atoms with Gasteiger partial charge >= 0.3 is 30.1 Å². The first-order chi connectivity index (χ1) is 50.3. The van der Waals surface area contributed by atoms with Crippen molar-refractivity contribution in [2.75, 3.05) is 19.8 Å². The molecule has 9 aromatic rings. The van der Waals surface area contributed by atoms with Gasteiger partial charge in [0.2, 0.25) is 11.8 Å². The number of fused-ring (bicyclic) bond motifs is 3. The highest BCUT2D eigenvalue weighted by molar-refractivity contribution is 5.99. The van der Waals surface area contributed by atoms with Gasteiger partial charge in [0.05, 0.1) is 65.0 Å².